The topological polar surface area (TPSA) is 68.3 Å². The number of carbonyl (C=O) groups excluding carboxylic acids is 2. The first-order chi connectivity index (χ1) is 13.0. The minimum atomic E-state index is -1.03. The van der Waals surface area contributed by atoms with Crippen molar-refractivity contribution in [2.75, 3.05) is 5.32 Å². The summed E-state index contributed by atoms with van der Waals surface area (Å²) in [6.45, 7) is 1.44. The van der Waals surface area contributed by atoms with E-state index in [4.69, 9.17) is 4.74 Å². The van der Waals surface area contributed by atoms with Crippen LogP contribution in [0.1, 0.15) is 12.5 Å². The summed E-state index contributed by atoms with van der Waals surface area (Å²) in [6.07, 6.45) is 3.48. The highest BCUT2D eigenvalue weighted by molar-refractivity contribution is 5.97. The van der Waals surface area contributed by atoms with Crippen LogP contribution in [0.2, 0.25) is 0 Å². The molecule has 0 saturated carbocycles. The van der Waals surface area contributed by atoms with Crippen molar-refractivity contribution in [1.29, 1.82) is 0 Å². The Kier molecular flexibility index (Phi) is 5.56. The van der Waals surface area contributed by atoms with Crippen LogP contribution in [0.25, 0.3) is 17.0 Å². The van der Waals surface area contributed by atoms with Gasteiger partial charge in [-0.1, -0.05) is 30.3 Å². The maximum absolute atomic E-state index is 13.2. The van der Waals surface area contributed by atoms with Crippen LogP contribution in [0, 0.1) is 5.82 Å². The molecule has 3 aromatic rings. The molecule has 1 amide bonds. The van der Waals surface area contributed by atoms with E-state index < -0.39 is 23.8 Å². The highest BCUT2D eigenvalue weighted by Gasteiger charge is 2.16. The summed E-state index contributed by atoms with van der Waals surface area (Å²) >= 11 is 0. The fourth-order valence-electron chi connectivity index (χ4n) is 2.50. The first-order valence-corrected chi connectivity index (χ1v) is 8.32. The average Bonchev–Trinajstić information content (AvgIpc) is 2.66. The molecular formula is C21H17FN2O3. The third kappa shape index (κ3) is 4.76. The molecule has 0 spiro atoms. The summed E-state index contributed by atoms with van der Waals surface area (Å²) in [7, 11) is 0. The number of fused-ring (bicyclic) bond motifs is 1. The van der Waals surface area contributed by atoms with Crippen molar-refractivity contribution >= 4 is 34.5 Å². The minimum Gasteiger partial charge on any atom is -0.449 e. The van der Waals surface area contributed by atoms with Gasteiger partial charge in [-0.3, -0.25) is 9.78 Å². The Morgan fingerprint density at radius 1 is 1.15 bits per heavy atom. The minimum absolute atomic E-state index is 0.292. The number of carbonyl (C=O) groups is 2. The summed E-state index contributed by atoms with van der Waals surface area (Å²) < 4.78 is 18.2. The van der Waals surface area contributed by atoms with Crippen molar-refractivity contribution in [2.24, 2.45) is 0 Å². The standard InChI is InChI=1S/C21H17FN2O3/c1-14(21(26)24-18-9-3-8-17(22)13-18)27-19(25)11-10-16-6-2-5-15-7-4-12-23-20(15)16/h2-14H,1H3,(H,24,26)/b11-10+. The van der Waals surface area contributed by atoms with E-state index in [-0.39, 0.29) is 0 Å². The second-order valence-electron chi connectivity index (χ2n) is 5.83. The number of anilines is 1. The predicted molar refractivity (Wildman–Crippen MR) is 101 cm³/mol. The predicted octanol–water partition coefficient (Wildman–Crippen LogP) is 3.96. The molecule has 27 heavy (non-hydrogen) atoms. The van der Waals surface area contributed by atoms with Crippen molar-refractivity contribution in [1.82, 2.24) is 4.98 Å². The van der Waals surface area contributed by atoms with Gasteiger partial charge in [0.25, 0.3) is 5.91 Å². The van der Waals surface area contributed by atoms with Crippen LogP contribution in [0.5, 0.6) is 0 Å². The number of esters is 1. The van der Waals surface area contributed by atoms with E-state index in [2.05, 4.69) is 10.3 Å². The van der Waals surface area contributed by atoms with Crippen LogP contribution in [-0.2, 0) is 14.3 Å². The molecule has 5 nitrogen and oxygen atoms in total. The molecule has 0 aliphatic heterocycles. The number of rotatable bonds is 5. The lowest BCUT2D eigenvalue weighted by Crippen LogP contribution is -2.29. The fraction of sp³-hybridized carbons (Fsp3) is 0.0952. The maximum Gasteiger partial charge on any atom is 0.331 e. The van der Waals surface area contributed by atoms with Gasteiger partial charge in [0.15, 0.2) is 6.10 Å². The van der Waals surface area contributed by atoms with Gasteiger partial charge in [-0.15, -0.1) is 0 Å². The molecule has 1 unspecified atom stereocenters. The Morgan fingerprint density at radius 3 is 2.74 bits per heavy atom. The lowest BCUT2D eigenvalue weighted by atomic mass is 10.1. The van der Waals surface area contributed by atoms with Crippen LogP contribution >= 0.6 is 0 Å². The number of benzene rings is 2. The van der Waals surface area contributed by atoms with Crippen LogP contribution in [-0.4, -0.2) is 23.0 Å². The summed E-state index contributed by atoms with van der Waals surface area (Å²) in [6, 6.07) is 14.9. The van der Waals surface area contributed by atoms with Gasteiger partial charge in [-0.25, -0.2) is 9.18 Å². The molecular weight excluding hydrogens is 347 g/mol. The lowest BCUT2D eigenvalue weighted by Gasteiger charge is -2.12. The monoisotopic (exact) mass is 364 g/mol. The Hall–Kier alpha value is -3.54. The Labute approximate surface area is 155 Å². The Bertz CT molecular complexity index is 1010. The van der Waals surface area contributed by atoms with E-state index >= 15 is 0 Å². The molecule has 1 heterocycles. The van der Waals surface area contributed by atoms with E-state index in [1.165, 1.54) is 31.2 Å². The zero-order chi connectivity index (χ0) is 19.2. The summed E-state index contributed by atoms with van der Waals surface area (Å²) in [5.74, 6) is -1.68. The Balaban J connectivity index is 1.62. The zero-order valence-corrected chi connectivity index (χ0v) is 14.6. The average molecular weight is 364 g/mol. The van der Waals surface area contributed by atoms with Crippen LogP contribution < -0.4 is 5.32 Å². The molecule has 1 aromatic heterocycles. The lowest BCUT2D eigenvalue weighted by molar-refractivity contribution is -0.148. The molecule has 1 N–H and O–H groups in total. The van der Waals surface area contributed by atoms with Crippen LogP contribution in [0.3, 0.4) is 0 Å². The normalized spacial score (nSPS) is 12.1. The summed E-state index contributed by atoms with van der Waals surface area (Å²) in [5, 5.41) is 3.45. The van der Waals surface area contributed by atoms with Crippen molar-refractivity contribution in [3.05, 3.63) is 78.3 Å². The van der Waals surface area contributed by atoms with Crippen molar-refractivity contribution in [3.63, 3.8) is 0 Å². The summed E-state index contributed by atoms with van der Waals surface area (Å²) in [4.78, 5) is 28.4. The number of halogens is 1. The third-order valence-electron chi connectivity index (χ3n) is 3.82. The van der Waals surface area contributed by atoms with Crippen LogP contribution in [0.4, 0.5) is 10.1 Å². The highest BCUT2D eigenvalue weighted by Crippen LogP contribution is 2.17. The molecule has 3 rings (SSSR count). The highest BCUT2D eigenvalue weighted by atomic mass is 19.1. The largest absolute Gasteiger partial charge is 0.449 e. The molecule has 2 aromatic carbocycles. The molecule has 0 radical (unpaired) electrons. The van der Waals surface area contributed by atoms with Gasteiger partial charge in [0.2, 0.25) is 0 Å². The number of aromatic nitrogens is 1. The number of amides is 1. The number of nitrogens with one attached hydrogen (secondary N) is 1. The molecule has 0 aliphatic rings. The molecule has 0 fully saturated rings. The second kappa shape index (κ2) is 8.23. The Morgan fingerprint density at radius 2 is 1.93 bits per heavy atom. The molecule has 6 heteroatoms. The van der Waals surface area contributed by atoms with E-state index in [0.717, 1.165) is 16.5 Å². The van der Waals surface area contributed by atoms with E-state index in [0.29, 0.717) is 5.69 Å². The quantitative estimate of drug-likeness (QED) is 0.550. The van der Waals surface area contributed by atoms with Crippen molar-refractivity contribution in [2.45, 2.75) is 13.0 Å². The number of ether oxygens (including phenoxy) is 1. The molecule has 136 valence electrons. The molecule has 1 atom stereocenters. The van der Waals surface area contributed by atoms with E-state index in [9.17, 15) is 14.0 Å². The van der Waals surface area contributed by atoms with Gasteiger partial charge in [0.05, 0.1) is 5.52 Å². The number of hydrogen-bond donors (Lipinski definition) is 1. The molecule has 0 aliphatic carbocycles. The number of pyridine rings is 1. The van der Waals surface area contributed by atoms with Crippen molar-refractivity contribution < 1.29 is 18.7 Å². The van der Waals surface area contributed by atoms with Gasteiger partial charge in [-0.2, -0.15) is 0 Å². The van der Waals surface area contributed by atoms with Gasteiger partial charge < -0.3 is 10.1 Å². The number of hydrogen-bond acceptors (Lipinski definition) is 4. The SMILES string of the molecule is CC(OC(=O)/C=C/c1cccc2cccnc12)C(=O)Nc1cccc(F)c1. The van der Waals surface area contributed by atoms with Crippen molar-refractivity contribution in [3.8, 4) is 0 Å². The zero-order valence-electron chi connectivity index (χ0n) is 14.6. The van der Waals surface area contributed by atoms with Crippen LogP contribution in [0.15, 0.2) is 66.9 Å². The van der Waals surface area contributed by atoms with Gasteiger partial charge >= 0.3 is 5.97 Å². The number of nitrogens with zero attached hydrogens (tertiary/aromatic N) is 1. The second-order valence-corrected chi connectivity index (χ2v) is 5.83. The van der Waals surface area contributed by atoms with Gasteiger partial charge in [0.1, 0.15) is 5.82 Å². The summed E-state index contributed by atoms with van der Waals surface area (Å²) in [5.41, 5.74) is 1.82. The van der Waals surface area contributed by atoms with Gasteiger partial charge in [0, 0.05) is 28.9 Å². The number of para-hydroxylation sites is 1. The first-order valence-electron chi connectivity index (χ1n) is 8.32. The third-order valence-corrected chi connectivity index (χ3v) is 3.82. The maximum atomic E-state index is 13.2. The first kappa shape index (κ1) is 18.3. The van der Waals surface area contributed by atoms with E-state index in [1.807, 2.05) is 30.3 Å². The fourth-order valence-corrected chi connectivity index (χ4v) is 2.50. The van der Waals surface area contributed by atoms with E-state index in [1.54, 1.807) is 18.3 Å². The van der Waals surface area contributed by atoms with Gasteiger partial charge in [-0.05, 0) is 37.3 Å². The molecule has 0 saturated heterocycles. The smallest absolute Gasteiger partial charge is 0.331 e. The molecule has 0 bridgehead atoms.